The van der Waals surface area contributed by atoms with Crippen LogP contribution in [0.4, 0.5) is 0 Å². The Kier molecular flexibility index (Phi) is 9.20. The van der Waals surface area contributed by atoms with Crippen molar-refractivity contribution in [3.05, 3.63) is 243 Å². The van der Waals surface area contributed by atoms with Crippen molar-refractivity contribution < 1.29 is 0 Å². The van der Waals surface area contributed by atoms with Crippen molar-refractivity contribution in [2.75, 3.05) is 0 Å². The fraction of sp³-hybridized carbons (Fsp3) is 0. The Hall–Kier alpha value is -8.46. The summed E-state index contributed by atoms with van der Waals surface area (Å²) in [5.74, 6) is 0. The first-order valence-corrected chi connectivity index (χ1v) is 21.9. The zero-order chi connectivity index (χ0) is 42.4. The van der Waals surface area contributed by atoms with Crippen molar-refractivity contribution in [2.45, 2.75) is 0 Å². The molecule has 12 rings (SSSR count). The Labute approximate surface area is 372 Å². The van der Waals surface area contributed by atoms with Crippen LogP contribution < -0.4 is 0 Å². The highest BCUT2D eigenvalue weighted by Crippen LogP contribution is 2.49. The van der Waals surface area contributed by atoms with Crippen LogP contribution in [0.5, 0.6) is 0 Å². The lowest BCUT2D eigenvalue weighted by atomic mass is 9.81. The summed E-state index contributed by atoms with van der Waals surface area (Å²) in [5, 5.41) is 7.50. The van der Waals surface area contributed by atoms with Gasteiger partial charge in [0.2, 0.25) is 0 Å². The molecular weight excluding hydrogens is 773 g/mol. The number of hydrogen-bond donors (Lipinski definition) is 0. The summed E-state index contributed by atoms with van der Waals surface area (Å²) in [7, 11) is 0. The number of nitrogens with zero attached hydrogens (tertiary/aromatic N) is 2. The largest absolute Gasteiger partial charge is 0.264 e. The van der Waals surface area contributed by atoms with Gasteiger partial charge < -0.3 is 0 Å². The zero-order valence-electron chi connectivity index (χ0n) is 35.0. The summed E-state index contributed by atoms with van der Waals surface area (Å²) >= 11 is 0. The van der Waals surface area contributed by atoms with Crippen LogP contribution in [-0.2, 0) is 0 Å². The molecule has 0 saturated heterocycles. The summed E-state index contributed by atoms with van der Waals surface area (Å²) in [6.07, 6.45) is 7.51. The molecule has 0 atom stereocenters. The third kappa shape index (κ3) is 6.61. The third-order valence-electron chi connectivity index (χ3n) is 12.8. The van der Waals surface area contributed by atoms with E-state index in [1.165, 1.54) is 99.1 Å². The van der Waals surface area contributed by atoms with Crippen LogP contribution in [0.15, 0.2) is 243 Å². The molecule has 2 nitrogen and oxygen atoms in total. The van der Waals surface area contributed by atoms with Gasteiger partial charge in [-0.15, -0.1) is 0 Å². The van der Waals surface area contributed by atoms with E-state index < -0.39 is 0 Å². The van der Waals surface area contributed by atoms with Gasteiger partial charge in [0.1, 0.15) is 0 Å². The molecule has 0 spiro atoms. The molecule has 0 aliphatic rings. The molecule has 0 fully saturated rings. The van der Waals surface area contributed by atoms with Crippen LogP contribution in [0.2, 0.25) is 0 Å². The number of benzene rings is 10. The molecule has 2 aromatic heterocycles. The summed E-state index contributed by atoms with van der Waals surface area (Å²) in [5.41, 5.74) is 18.9. The second kappa shape index (κ2) is 15.8. The number of aromatic nitrogens is 2. The highest BCUT2D eigenvalue weighted by Gasteiger charge is 2.22. The van der Waals surface area contributed by atoms with Crippen molar-refractivity contribution >= 4 is 32.3 Å². The van der Waals surface area contributed by atoms with Crippen LogP contribution in [-0.4, -0.2) is 9.97 Å². The lowest BCUT2D eigenvalue weighted by Crippen LogP contribution is -1.95. The minimum atomic E-state index is 1.10. The van der Waals surface area contributed by atoms with Gasteiger partial charge in [-0.1, -0.05) is 182 Å². The fourth-order valence-electron chi connectivity index (χ4n) is 9.69. The van der Waals surface area contributed by atoms with Crippen molar-refractivity contribution in [3.8, 4) is 89.0 Å². The second-order valence-corrected chi connectivity index (χ2v) is 16.5. The first kappa shape index (κ1) is 37.3. The van der Waals surface area contributed by atoms with Crippen LogP contribution in [0.3, 0.4) is 0 Å². The highest BCUT2D eigenvalue weighted by molar-refractivity contribution is 6.32. The Bertz CT molecular complexity index is 3360. The fourth-order valence-corrected chi connectivity index (χ4v) is 9.69. The Morgan fingerprint density at radius 3 is 0.891 bits per heavy atom. The predicted octanol–water partition coefficient (Wildman–Crippen LogP) is 16.7. The van der Waals surface area contributed by atoms with Gasteiger partial charge in [-0.25, -0.2) is 0 Å². The summed E-state index contributed by atoms with van der Waals surface area (Å²) in [6.45, 7) is 0. The molecule has 0 N–H and O–H groups in total. The monoisotopic (exact) mass is 812 g/mol. The molecular formula is C62H40N2. The minimum absolute atomic E-state index is 1.10. The first-order valence-electron chi connectivity index (χ1n) is 21.9. The maximum Gasteiger partial charge on any atom is 0.0346 e. The standard InChI is InChI=1S/C62H40N2/c1-3-11-41(12-4-1)47-15-7-17-49(35-47)59-37-57(45-25-21-43(22-26-45)51-19-9-33-63-39-51)53-30-32-56-60(50-18-8-16-48(36-50)42-13-5-2-6-14-42)38-58(54-29-31-55(59)61(53)62(54)56)46-27-23-44(24-28-46)52-20-10-34-64-40-52/h1-40H. The summed E-state index contributed by atoms with van der Waals surface area (Å²) in [4.78, 5) is 8.79. The molecule has 2 heteroatoms. The molecule has 0 aliphatic heterocycles. The lowest BCUT2D eigenvalue weighted by molar-refractivity contribution is 1.33. The average Bonchev–Trinajstić information content (AvgIpc) is 3.39. The molecule has 298 valence electrons. The second-order valence-electron chi connectivity index (χ2n) is 16.5. The number of rotatable bonds is 8. The molecule has 12 aromatic rings. The van der Waals surface area contributed by atoms with E-state index in [9.17, 15) is 0 Å². The molecule has 0 bridgehead atoms. The van der Waals surface area contributed by atoms with Gasteiger partial charge in [0.05, 0.1) is 0 Å². The molecule has 10 aromatic carbocycles. The first-order chi connectivity index (χ1) is 31.7. The van der Waals surface area contributed by atoms with Gasteiger partial charge in [0, 0.05) is 24.8 Å². The summed E-state index contributed by atoms with van der Waals surface area (Å²) < 4.78 is 0. The summed E-state index contributed by atoms with van der Waals surface area (Å²) in [6, 6.07) is 80.0. The lowest BCUT2D eigenvalue weighted by Gasteiger charge is -2.22. The molecule has 64 heavy (non-hydrogen) atoms. The van der Waals surface area contributed by atoms with Crippen molar-refractivity contribution in [1.82, 2.24) is 9.97 Å². The van der Waals surface area contributed by atoms with Gasteiger partial charge in [-0.3, -0.25) is 9.97 Å². The Balaban J connectivity index is 1.15. The van der Waals surface area contributed by atoms with E-state index in [1.54, 1.807) is 0 Å². The Morgan fingerprint density at radius 2 is 0.516 bits per heavy atom. The van der Waals surface area contributed by atoms with Crippen LogP contribution >= 0.6 is 0 Å². The van der Waals surface area contributed by atoms with Crippen molar-refractivity contribution in [3.63, 3.8) is 0 Å². The maximum atomic E-state index is 4.40. The normalized spacial score (nSPS) is 11.4. The van der Waals surface area contributed by atoms with Crippen LogP contribution in [0.1, 0.15) is 0 Å². The third-order valence-corrected chi connectivity index (χ3v) is 12.8. The molecule has 2 heterocycles. The molecule has 0 aliphatic carbocycles. The van der Waals surface area contributed by atoms with Gasteiger partial charge in [0.15, 0.2) is 0 Å². The van der Waals surface area contributed by atoms with Gasteiger partial charge >= 0.3 is 0 Å². The zero-order valence-corrected chi connectivity index (χ0v) is 35.0. The molecule has 0 amide bonds. The number of pyridine rings is 2. The van der Waals surface area contributed by atoms with Crippen LogP contribution in [0.25, 0.3) is 121 Å². The van der Waals surface area contributed by atoms with Crippen molar-refractivity contribution in [1.29, 1.82) is 0 Å². The van der Waals surface area contributed by atoms with E-state index in [-0.39, 0.29) is 0 Å². The van der Waals surface area contributed by atoms with E-state index in [2.05, 4.69) is 216 Å². The van der Waals surface area contributed by atoms with Crippen LogP contribution in [0, 0.1) is 0 Å². The van der Waals surface area contributed by atoms with Crippen molar-refractivity contribution in [2.24, 2.45) is 0 Å². The molecule has 0 saturated carbocycles. The van der Waals surface area contributed by atoms with Gasteiger partial charge in [-0.05, 0) is 158 Å². The number of hydrogen-bond acceptors (Lipinski definition) is 2. The van der Waals surface area contributed by atoms with E-state index in [4.69, 9.17) is 0 Å². The smallest absolute Gasteiger partial charge is 0.0346 e. The SMILES string of the molecule is c1ccc(-c2cccc(-c3cc(-c4ccc(-c5cccnc5)cc4)c4ccc5c(-c6cccc(-c7ccccc7)c6)cc(-c6ccc(-c7cccnc7)cc6)c6ccc3c4c65)c2)cc1. The topological polar surface area (TPSA) is 25.8 Å². The molecule has 0 unspecified atom stereocenters. The molecule has 0 radical (unpaired) electrons. The van der Waals surface area contributed by atoms with E-state index in [0.29, 0.717) is 0 Å². The Morgan fingerprint density at radius 1 is 0.203 bits per heavy atom. The van der Waals surface area contributed by atoms with E-state index in [0.717, 1.165) is 22.3 Å². The van der Waals surface area contributed by atoms with E-state index in [1.807, 2.05) is 36.9 Å². The highest BCUT2D eigenvalue weighted by atomic mass is 14.6. The minimum Gasteiger partial charge on any atom is -0.264 e. The maximum absolute atomic E-state index is 4.40. The average molecular weight is 813 g/mol. The predicted molar refractivity (Wildman–Crippen MR) is 269 cm³/mol. The van der Waals surface area contributed by atoms with E-state index >= 15 is 0 Å². The van der Waals surface area contributed by atoms with Gasteiger partial charge in [0.25, 0.3) is 0 Å². The van der Waals surface area contributed by atoms with Gasteiger partial charge in [-0.2, -0.15) is 0 Å². The quantitative estimate of drug-likeness (QED) is 0.143.